The van der Waals surface area contributed by atoms with Crippen molar-refractivity contribution in [2.24, 2.45) is 0 Å². The summed E-state index contributed by atoms with van der Waals surface area (Å²) < 4.78 is 11.2. The van der Waals surface area contributed by atoms with E-state index >= 15 is 0 Å². The zero-order chi connectivity index (χ0) is 13.9. The molecule has 0 aromatic heterocycles. The molecule has 0 amide bonds. The monoisotopic (exact) mass is 284 g/mol. The molecule has 2 nitrogen and oxygen atoms in total. The van der Waals surface area contributed by atoms with Gasteiger partial charge in [0, 0.05) is 5.88 Å². The lowest BCUT2D eigenvalue weighted by Gasteiger charge is -2.12. The van der Waals surface area contributed by atoms with Crippen LogP contribution in [0.4, 0.5) is 0 Å². The van der Waals surface area contributed by atoms with E-state index < -0.39 is 0 Å². The Labute approximate surface area is 122 Å². The Balaban J connectivity index is 2.52. The molecule has 1 aromatic rings. The molecule has 0 aliphatic rings. The zero-order valence-corrected chi connectivity index (χ0v) is 12.8. The van der Waals surface area contributed by atoms with Crippen molar-refractivity contribution in [3.05, 3.63) is 23.8 Å². The van der Waals surface area contributed by atoms with Gasteiger partial charge in [0.25, 0.3) is 0 Å². The molecule has 0 atom stereocenters. The fraction of sp³-hybridized carbons (Fsp3) is 0.625. The van der Waals surface area contributed by atoms with Crippen LogP contribution in [0.3, 0.4) is 0 Å². The van der Waals surface area contributed by atoms with Gasteiger partial charge >= 0.3 is 0 Å². The number of hydrogen-bond donors (Lipinski definition) is 0. The lowest BCUT2D eigenvalue weighted by atomic mass is 10.1. The minimum atomic E-state index is 0.694. The van der Waals surface area contributed by atoms with E-state index in [1.807, 2.05) is 6.07 Å². The van der Waals surface area contributed by atoms with E-state index in [-0.39, 0.29) is 0 Å². The Hall–Kier alpha value is -0.890. The Morgan fingerprint density at radius 1 is 1.05 bits per heavy atom. The van der Waals surface area contributed by atoms with Gasteiger partial charge in [0.2, 0.25) is 0 Å². The second-order valence-corrected chi connectivity index (χ2v) is 5.06. The van der Waals surface area contributed by atoms with Gasteiger partial charge in [-0.15, -0.1) is 11.6 Å². The quantitative estimate of drug-likeness (QED) is 0.453. The summed E-state index contributed by atoms with van der Waals surface area (Å²) in [6.07, 6.45) is 6.82. The highest BCUT2D eigenvalue weighted by molar-refractivity contribution is 6.17. The van der Waals surface area contributed by atoms with Crippen molar-refractivity contribution in [2.45, 2.75) is 45.4 Å². The van der Waals surface area contributed by atoms with Gasteiger partial charge in [-0.05, 0) is 37.0 Å². The summed E-state index contributed by atoms with van der Waals surface area (Å²) in [4.78, 5) is 0. The van der Waals surface area contributed by atoms with E-state index in [2.05, 4.69) is 19.1 Å². The summed E-state index contributed by atoms with van der Waals surface area (Å²) in [7, 11) is 1.68. The predicted octanol–water partition coefficient (Wildman–Crippen LogP) is 4.83. The van der Waals surface area contributed by atoms with E-state index in [1.165, 1.54) is 24.8 Å². The van der Waals surface area contributed by atoms with Crippen molar-refractivity contribution in [3.63, 3.8) is 0 Å². The lowest BCUT2D eigenvalue weighted by Crippen LogP contribution is -2.00. The molecule has 0 unspecified atom stereocenters. The third-order valence-corrected chi connectivity index (χ3v) is 3.35. The molecule has 0 aliphatic carbocycles. The Morgan fingerprint density at radius 3 is 2.58 bits per heavy atom. The fourth-order valence-corrected chi connectivity index (χ4v) is 2.10. The molecule has 0 bridgehead atoms. The van der Waals surface area contributed by atoms with Crippen LogP contribution >= 0.6 is 11.6 Å². The highest BCUT2D eigenvalue weighted by Crippen LogP contribution is 2.28. The van der Waals surface area contributed by atoms with Crippen LogP contribution in [0, 0.1) is 0 Å². The summed E-state index contributed by atoms with van der Waals surface area (Å²) in [5.41, 5.74) is 1.25. The summed E-state index contributed by atoms with van der Waals surface area (Å²) in [6.45, 7) is 2.97. The number of benzene rings is 1. The minimum Gasteiger partial charge on any atom is -0.493 e. The molecule has 0 fully saturated rings. The van der Waals surface area contributed by atoms with Gasteiger partial charge in [0.1, 0.15) is 0 Å². The standard InChI is InChI=1S/C16H25ClO2/c1-3-4-5-6-12-19-16-13-14(8-7-11-17)9-10-15(16)18-2/h9-10,13H,3-8,11-12H2,1-2H3. The van der Waals surface area contributed by atoms with Crippen molar-refractivity contribution in [1.29, 1.82) is 0 Å². The molecular formula is C16H25ClO2. The van der Waals surface area contributed by atoms with Crippen molar-refractivity contribution < 1.29 is 9.47 Å². The second kappa shape index (κ2) is 9.96. The molecule has 0 aliphatic heterocycles. The average molecular weight is 285 g/mol. The van der Waals surface area contributed by atoms with Crippen LogP contribution in [0.25, 0.3) is 0 Å². The van der Waals surface area contributed by atoms with Gasteiger partial charge in [-0.25, -0.2) is 0 Å². The number of ether oxygens (including phenoxy) is 2. The highest BCUT2D eigenvalue weighted by Gasteiger charge is 2.05. The van der Waals surface area contributed by atoms with Crippen LogP contribution < -0.4 is 9.47 Å². The molecule has 1 aromatic carbocycles. The molecule has 3 heteroatoms. The Morgan fingerprint density at radius 2 is 1.89 bits per heavy atom. The molecule has 0 N–H and O–H groups in total. The normalized spacial score (nSPS) is 10.5. The van der Waals surface area contributed by atoms with E-state index in [0.717, 1.165) is 37.4 Å². The third-order valence-electron chi connectivity index (χ3n) is 3.08. The van der Waals surface area contributed by atoms with Crippen LogP contribution in [-0.4, -0.2) is 19.6 Å². The zero-order valence-electron chi connectivity index (χ0n) is 12.1. The van der Waals surface area contributed by atoms with Gasteiger partial charge < -0.3 is 9.47 Å². The largest absolute Gasteiger partial charge is 0.493 e. The maximum Gasteiger partial charge on any atom is 0.161 e. The van der Waals surface area contributed by atoms with Crippen LogP contribution in [0.2, 0.25) is 0 Å². The molecule has 0 saturated carbocycles. The van der Waals surface area contributed by atoms with E-state index in [9.17, 15) is 0 Å². The van der Waals surface area contributed by atoms with Crippen LogP contribution in [0.5, 0.6) is 11.5 Å². The van der Waals surface area contributed by atoms with Gasteiger partial charge in [-0.3, -0.25) is 0 Å². The van der Waals surface area contributed by atoms with Crippen LogP contribution in [0.1, 0.15) is 44.6 Å². The first kappa shape index (κ1) is 16.2. The first-order valence-corrected chi connectivity index (χ1v) is 7.71. The molecule has 108 valence electrons. The maximum absolute atomic E-state index is 5.84. The van der Waals surface area contributed by atoms with E-state index in [0.29, 0.717) is 5.88 Å². The smallest absolute Gasteiger partial charge is 0.161 e. The SMILES string of the molecule is CCCCCCOc1cc(CCCCl)ccc1OC. The second-order valence-electron chi connectivity index (χ2n) is 4.69. The van der Waals surface area contributed by atoms with Crippen LogP contribution in [0.15, 0.2) is 18.2 Å². The molecule has 0 spiro atoms. The number of hydrogen-bond acceptors (Lipinski definition) is 2. The number of methoxy groups -OCH3 is 1. The van der Waals surface area contributed by atoms with Crippen molar-refractivity contribution in [2.75, 3.05) is 19.6 Å². The molecule has 0 radical (unpaired) electrons. The first-order chi connectivity index (χ1) is 9.31. The van der Waals surface area contributed by atoms with Gasteiger partial charge in [0.05, 0.1) is 13.7 Å². The lowest BCUT2D eigenvalue weighted by molar-refractivity contribution is 0.285. The number of alkyl halides is 1. The molecular weight excluding hydrogens is 260 g/mol. The fourth-order valence-electron chi connectivity index (χ4n) is 1.97. The van der Waals surface area contributed by atoms with Gasteiger partial charge in [-0.2, -0.15) is 0 Å². The van der Waals surface area contributed by atoms with Gasteiger partial charge in [-0.1, -0.05) is 32.3 Å². The molecule has 19 heavy (non-hydrogen) atoms. The number of aryl methyl sites for hydroxylation is 1. The first-order valence-electron chi connectivity index (χ1n) is 7.17. The van der Waals surface area contributed by atoms with E-state index in [1.54, 1.807) is 7.11 Å². The van der Waals surface area contributed by atoms with Gasteiger partial charge in [0.15, 0.2) is 11.5 Å². The summed E-state index contributed by atoms with van der Waals surface area (Å²) >= 11 is 5.73. The summed E-state index contributed by atoms with van der Waals surface area (Å²) in [6, 6.07) is 6.13. The summed E-state index contributed by atoms with van der Waals surface area (Å²) in [5.74, 6) is 2.36. The summed E-state index contributed by atoms with van der Waals surface area (Å²) in [5, 5.41) is 0. The third kappa shape index (κ3) is 6.20. The number of unbranched alkanes of at least 4 members (excludes halogenated alkanes) is 3. The Kier molecular flexibility index (Phi) is 8.48. The van der Waals surface area contributed by atoms with Crippen molar-refractivity contribution in [1.82, 2.24) is 0 Å². The van der Waals surface area contributed by atoms with E-state index in [4.69, 9.17) is 21.1 Å². The number of halogens is 1. The maximum atomic E-state index is 5.84. The average Bonchev–Trinajstić information content (AvgIpc) is 2.45. The van der Waals surface area contributed by atoms with Crippen molar-refractivity contribution >= 4 is 11.6 Å². The topological polar surface area (TPSA) is 18.5 Å². The number of rotatable bonds is 10. The predicted molar refractivity (Wildman–Crippen MR) is 81.7 cm³/mol. The molecule has 0 saturated heterocycles. The minimum absolute atomic E-state index is 0.694. The molecule has 0 heterocycles. The van der Waals surface area contributed by atoms with Crippen molar-refractivity contribution in [3.8, 4) is 11.5 Å². The Bertz CT molecular complexity index is 353. The molecule has 1 rings (SSSR count). The highest BCUT2D eigenvalue weighted by atomic mass is 35.5. The van der Waals surface area contributed by atoms with Crippen LogP contribution in [-0.2, 0) is 6.42 Å².